The number of carbonyl (C=O) groups excluding carboxylic acids is 3. The van der Waals surface area contributed by atoms with Crippen LogP contribution in [0, 0.1) is 11.8 Å². The number of imide groups is 1. The zero-order valence-corrected chi connectivity index (χ0v) is 21.5. The number of hydrogen-bond donors (Lipinski definition) is 1. The molecule has 0 spiro atoms. The van der Waals surface area contributed by atoms with E-state index in [-0.39, 0.29) is 11.1 Å². The van der Waals surface area contributed by atoms with Crippen LogP contribution in [0.2, 0.25) is 0 Å². The molecular weight excluding hydrogens is 490 g/mol. The van der Waals surface area contributed by atoms with Gasteiger partial charge in [-0.05, 0) is 37.0 Å². The number of aromatic nitrogens is 2. The number of nitrogens with one attached hydrogen (secondary N) is 1. The molecular formula is C26H29N7O3S. The predicted octanol–water partition coefficient (Wildman–Crippen LogP) is 1.76. The number of carbonyl (C=O) groups is 3. The van der Waals surface area contributed by atoms with Gasteiger partial charge in [0.05, 0.1) is 10.6 Å². The van der Waals surface area contributed by atoms with Crippen LogP contribution in [0.4, 0.5) is 16.6 Å². The number of benzene rings is 1. The van der Waals surface area contributed by atoms with Crippen LogP contribution in [0.5, 0.6) is 0 Å². The minimum Gasteiger partial charge on any atom is -0.354 e. The Balaban J connectivity index is 1.22. The van der Waals surface area contributed by atoms with Gasteiger partial charge in [-0.15, -0.1) is 0 Å². The minimum atomic E-state index is -0.393. The molecule has 4 saturated heterocycles. The molecule has 4 aliphatic heterocycles. The van der Waals surface area contributed by atoms with E-state index < -0.39 is 5.91 Å². The molecule has 1 aromatic carbocycles. The van der Waals surface area contributed by atoms with Crippen molar-refractivity contribution in [2.75, 3.05) is 69.2 Å². The first-order valence-corrected chi connectivity index (χ1v) is 13.4. The maximum absolute atomic E-state index is 12.9. The highest BCUT2D eigenvalue weighted by molar-refractivity contribution is 8.18. The maximum Gasteiger partial charge on any atom is 0.290 e. The SMILES string of the molecule is CN1CCN(c2cc(/C=C3\SC(=O)NC3=O)nc(N3CC4CN(C(=O)c5ccccc5)CC4C3)n2)CC1. The maximum atomic E-state index is 12.9. The lowest BCUT2D eigenvalue weighted by molar-refractivity contribution is -0.115. The Bertz CT molecular complexity index is 1250. The third-order valence-corrected chi connectivity index (χ3v) is 8.36. The van der Waals surface area contributed by atoms with Crippen LogP contribution in [0.15, 0.2) is 41.3 Å². The Morgan fingerprint density at radius 2 is 1.68 bits per heavy atom. The molecule has 1 aromatic heterocycles. The van der Waals surface area contributed by atoms with Crippen molar-refractivity contribution in [2.24, 2.45) is 11.8 Å². The smallest absolute Gasteiger partial charge is 0.290 e. The van der Waals surface area contributed by atoms with Crippen molar-refractivity contribution in [3.05, 3.63) is 52.6 Å². The van der Waals surface area contributed by atoms with Crippen LogP contribution in [-0.2, 0) is 4.79 Å². The van der Waals surface area contributed by atoms with E-state index in [1.54, 1.807) is 6.08 Å². The zero-order chi connectivity index (χ0) is 25.5. The fourth-order valence-electron chi connectivity index (χ4n) is 5.49. The Morgan fingerprint density at radius 1 is 0.973 bits per heavy atom. The van der Waals surface area contributed by atoms with Crippen LogP contribution in [-0.4, -0.2) is 96.2 Å². The molecule has 0 bridgehead atoms. The summed E-state index contributed by atoms with van der Waals surface area (Å²) in [5, 5.41) is 1.94. The van der Waals surface area contributed by atoms with E-state index in [1.807, 2.05) is 41.3 Å². The minimum absolute atomic E-state index is 0.0886. The number of piperazine rings is 1. The van der Waals surface area contributed by atoms with Crippen LogP contribution < -0.4 is 15.1 Å². The molecule has 4 aliphatic rings. The van der Waals surface area contributed by atoms with E-state index in [9.17, 15) is 14.4 Å². The second-order valence-electron chi connectivity index (χ2n) is 10.1. The summed E-state index contributed by atoms with van der Waals surface area (Å²) < 4.78 is 0. The first-order valence-electron chi connectivity index (χ1n) is 12.6. The topological polar surface area (TPSA) is 102 Å². The molecule has 4 fully saturated rings. The largest absolute Gasteiger partial charge is 0.354 e. The van der Waals surface area contributed by atoms with E-state index in [2.05, 4.69) is 27.1 Å². The van der Waals surface area contributed by atoms with Gasteiger partial charge in [0, 0.05) is 75.8 Å². The summed E-state index contributed by atoms with van der Waals surface area (Å²) >= 11 is 0.893. The van der Waals surface area contributed by atoms with Crippen molar-refractivity contribution in [1.29, 1.82) is 0 Å². The van der Waals surface area contributed by atoms with Crippen molar-refractivity contribution >= 4 is 46.7 Å². The van der Waals surface area contributed by atoms with Gasteiger partial charge < -0.3 is 19.6 Å². The number of likely N-dealkylation sites (N-methyl/N-ethyl adjacent to an activating group) is 1. The van der Waals surface area contributed by atoms with E-state index >= 15 is 0 Å². The first-order chi connectivity index (χ1) is 17.9. The van der Waals surface area contributed by atoms with E-state index in [4.69, 9.17) is 9.97 Å². The normalized spacial score (nSPS) is 25.2. The van der Waals surface area contributed by atoms with Gasteiger partial charge in [-0.3, -0.25) is 19.7 Å². The molecule has 10 nitrogen and oxygen atoms in total. The van der Waals surface area contributed by atoms with Crippen molar-refractivity contribution in [3.8, 4) is 0 Å². The molecule has 11 heteroatoms. The molecule has 2 aromatic rings. The number of likely N-dealkylation sites (tertiary alicyclic amines) is 1. The average molecular weight is 520 g/mol. The van der Waals surface area contributed by atoms with Crippen LogP contribution in [0.3, 0.4) is 0 Å². The van der Waals surface area contributed by atoms with Crippen molar-refractivity contribution in [3.63, 3.8) is 0 Å². The lowest BCUT2D eigenvalue weighted by Crippen LogP contribution is -2.45. The standard InChI is InChI=1S/C26H29N7O3S/c1-30-7-9-31(10-8-30)22-12-20(11-21-23(34)29-26(36)37-21)27-25(28-22)33-15-18-13-32(14-19(18)16-33)24(35)17-5-3-2-4-6-17/h2-6,11-12,18-19H,7-10,13-16H2,1H3,(H,29,34,36)/b21-11-. The number of hydrogen-bond acceptors (Lipinski definition) is 9. The summed E-state index contributed by atoms with van der Waals surface area (Å²) in [4.78, 5) is 55.5. The molecule has 0 radical (unpaired) electrons. The van der Waals surface area contributed by atoms with E-state index in [0.717, 1.165) is 75.5 Å². The van der Waals surface area contributed by atoms with Gasteiger partial charge in [0.2, 0.25) is 5.95 Å². The molecule has 0 aliphatic carbocycles. The quantitative estimate of drug-likeness (QED) is 0.606. The molecule has 192 valence electrons. The Morgan fingerprint density at radius 3 is 2.32 bits per heavy atom. The van der Waals surface area contributed by atoms with Gasteiger partial charge in [-0.2, -0.15) is 4.98 Å². The second kappa shape index (κ2) is 9.79. The molecule has 3 amide bonds. The third-order valence-electron chi connectivity index (χ3n) is 7.55. The predicted molar refractivity (Wildman–Crippen MR) is 142 cm³/mol. The Labute approximate surface area is 219 Å². The lowest BCUT2D eigenvalue weighted by atomic mass is 10.0. The Kier molecular flexibility index (Phi) is 6.33. The number of rotatable bonds is 4. The van der Waals surface area contributed by atoms with E-state index in [1.165, 1.54) is 0 Å². The molecule has 5 heterocycles. The molecule has 2 atom stereocenters. The molecule has 6 rings (SSSR count). The summed E-state index contributed by atoms with van der Waals surface area (Å²) in [5.41, 5.74) is 1.34. The molecule has 0 saturated carbocycles. The molecule has 37 heavy (non-hydrogen) atoms. The summed E-state index contributed by atoms with van der Waals surface area (Å²) in [6.45, 7) is 6.62. The summed E-state index contributed by atoms with van der Waals surface area (Å²) in [7, 11) is 2.11. The van der Waals surface area contributed by atoms with Gasteiger partial charge in [-0.1, -0.05) is 18.2 Å². The number of amides is 3. The van der Waals surface area contributed by atoms with Gasteiger partial charge in [0.1, 0.15) is 5.82 Å². The van der Waals surface area contributed by atoms with Crippen molar-refractivity contribution in [1.82, 2.24) is 25.1 Å². The van der Waals surface area contributed by atoms with Crippen LogP contribution in [0.25, 0.3) is 6.08 Å². The highest BCUT2D eigenvalue weighted by atomic mass is 32.2. The van der Waals surface area contributed by atoms with Crippen LogP contribution in [0.1, 0.15) is 16.1 Å². The Hall–Kier alpha value is -3.44. The average Bonchev–Trinajstić information content (AvgIpc) is 3.57. The van der Waals surface area contributed by atoms with Gasteiger partial charge in [0.25, 0.3) is 17.1 Å². The highest BCUT2D eigenvalue weighted by Gasteiger charge is 2.42. The monoisotopic (exact) mass is 519 g/mol. The number of nitrogens with zero attached hydrogens (tertiary/aromatic N) is 6. The summed E-state index contributed by atoms with van der Waals surface area (Å²) in [5.74, 6) is 1.88. The highest BCUT2D eigenvalue weighted by Crippen LogP contribution is 2.35. The number of fused-ring (bicyclic) bond motifs is 1. The second-order valence-corrected chi connectivity index (χ2v) is 11.1. The zero-order valence-electron chi connectivity index (χ0n) is 20.7. The molecule has 1 N–H and O–H groups in total. The first kappa shape index (κ1) is 23.9. The van der Waals surface area contributed by atoms with Gasteiger partial charge in [0.15, 0.2) is 0 Å². The molecule has 2 unspecified atom stereocenters. The van der Waals surface area contributed by atoms with Crippen LogP contribution >= 0.6 is 11.8 Å². The summed E-state index contributed by atoms with van der Waals surface area (Å²) in [6, 6.07) is 11.3. The number of anilines is 2. The fourth-order valence-corrected chi connectivity index (χ4v) is 6.16. The van der Waals surface area contributed by atoms with Crippen molar-refractivity contribution < 1.29 is 14.4 Å². The van der Waals surface area contributed by atoms with Gasteiger partial charge in [-0.25, -0.2) is 4.98 Å². The summed E-state index contributed by atoms with van der Waals surface area (Å²) in [6.07, 6.45) is 1.67. The third kappa shape index (κ3) is 4.93. The van der Waals surface area contributed by atoms with Crippen molar-refractivity contribution in [2.45, 2.75) is 0 Å². The number of thioether (sulfide) groups is 1. The van der Waals surface area contributed by atoms with E-state index in [0.29, 0.717) is 28.4 Å². The lowest BCUT2D eigenvalue weighted by Gasteiger charge is -2.33. The van der Waals surface area contributed by atoms with Gasteiger partial charge >= 0.3 is 0 Å². The fraction of sp³-hybridized carbons (Fsp3) is 0.423.